The first kappa shape index (κ1) is 17.4. The Hall–Kier alpha value is -0.950. The molecule has 22 heavy (non-hydrogen) atoms. The van der Waals surface area contributed by atoms with E-state index in [1.54, 1.807) is 23.4 Å². The van der Waals surface area contributed by atoms with Gasteiger partial charge in [0.15, 0.2) is 0 Å². The maximum atomic E-state index is 12.6. The van der Waals surface area contributed by atoms with Gasteiger partial charge in [-0.3, -0.25) is 0 Å². The van der Waals surface area contributed by atoms with Crippen molar-refractivity contribution < 1.29 is 13.5 Å². The molecule has 1 aliphatic rings. The van der Waals surface area contributed by atoms with Gasteiger partial charge >= 0.3 is 0 Å². The molecule has 2 rings (SSSR count). The van der Waals surface area contributed by atoms with E-state index in [-0.39, 0.29) is 6.04 Å². The van der Waals surface area contributed by atoms with Crippen LogP contribution in [0.15, 0.2) is 29.2 Å². The van der Waals surface area contributed by atoms with Crippen LogP contribution in [0.1, 0.15) is 44.7 Å². The number of hydrogen-bond donors (Lipinski definition) is 2. The Morgan fingerprint density at radius 3 is 2.27 bits per heavy atom. The summed E-state index contributed by atoms with van der Waals surface area (Å²) in [6.45, 7) is 5.48. The molecule has 0 spiro atoms. The molecule has 0 bridgehead atoms. The normalized spacial score (nSPS) is 19.8. The highest BCUT2D eigenvalue weighted by Crippen LogP contribution is 2.22. The second kappa shape index (κ2) is 7.55. The highest BCUT2D eigenvalue weighted by molar-refractivity contribution is 7.89. The van der Waals surface area contributed by atoms with Crippen molar-refractivity contribution >= 4 is 10.0 Å². The monoisotopic (exact) mass is 326 g/mol. The van der Waals surface area contributed by atoms with Gasteiger partial charge in [0.25, 0.3) is 0 Å². The van der Waals surface area contributed by atoms with Gasteiger partial charge in [-0.05, 0) is 44.4 Å². The molecule has 5 nitrogen and oxygen atoms in total. The minimum absolute atomic E-state index is 0.0707. The largest absolute Gasteiger partial charge is 0.392 e. The molecular formula is C16H26N2O3S. The van der Waals surface area contributed by atoms with E-state index in [0.29, 0.717) is 24.5 Å². The summed E-state index contributed by atoms with van der Waals surface area (Å²) in [5.41, 5.74) is 1.01. The Bertz CT molecular complexity index is 564. The summed E-state index contributed by atoms with van der Waals surface area (Å²) in [5.74, 6) is 0. The average molecular weight is 326 g/mol. The zero-order valence-corrected chi connectivity index (χ0v) is 14.1. The molecule has 0 saturated carbocycles. The molecule has 1 aromatic carbocycles. The molecule has 1 aliphatic heterocycles. The van der Waals surface area contributed by atoms with Crippen LogP contribution < -0.4 is 5.32 Å². The zero-order valence-electron chi connectivity index (χ0n) is 13.3. The van der Waals surface area contributed by atoms with Crippen LogP contribution in [0.4, 0.5) is 0 Å². The lowest BCUT2D eigenvalue weighted by atomic mass is 10.1. The number of nitrogens with zero attached hydrogens (tertiary/aromatic N) is 1. The third kappa shape index (κ3) is 4.29. The van der Waals surface area contributed by atoms with Gasteiger partial charge in [0.05, 0.1) is 11.0 Å². The molecule has 0 amide bonds. The van der Waals surface area contributed by atoms with Crippen molar-refractivity contribution in [2.24, 2.45) is 0 Å². The third-order valence-corrected chi connectivity index (χ3v) is 5.97. The molecule has 6 heteroatoms. The molecule has 2 N–H and O–H groups in total. The van der Waals surface area contributed by atoms with Crippen molar-refractivity contribution in [2.45, 2.75) is 50.2 Å². The number of aliphatic hydroxyl groups is 1. The highest BCUT2D eigenvalue weighted by atomic mass is 32.2. The molecule has 0 radical (unpaired) electrons. The Kier molecular flexibility index (Phi) is 5.97. The smallest absolute Gasteiger partial charge is 0.243 e. The van der Waals surface area contributed by atoms with Gasteiger partial charge in [-0.1, -0.05) is 18.6 Å². The molecule has 1 fully saturated rings. The van der Waals surface area contributed by atoms with E-state index in [2.05, 4.69) is 5.32 Å². The van der Waals surface area contributed by atoms with Crippen molar-refractivity contribution in [3.05, 3.63) is 29.8 Å². The second-order valence-corrected chi connectivity index (χ2v) is 7.95. The van der Waals surface area contributed by atoms with E-state index in [4.69, 9.17) is 0 Å². The Morgan fingerprint density at radius 1 is 1.14 bits per heavy atom. The summed E-state index contributed by atoms with van der Waals surface area (Å²) in [4.78, 5) is 0.362. The second-order valence-electron chi connectivity index (χ2n) is 6.01. The van der Waals surface area contributed by atoms with Gasteiger partial charge < -0.3 is 10.4 Å². The van der Waals surface area contributed by atoms with Crippen LogP contribution in [0.3, 0.4) is 0 Å². The number of benzene rings is 1. The van der Waals surface area contributed by atoms with Crippen LogP contribution >= 0.6 is 0 Å². The molecule has 124 valence electrons. The van der Waals surface area contributed by atoms with Crippen LogP contribution in [0.2, 0.25) is 0 Å². The van der Waals surface area contributed by atoms with E-state index in [9.17, 15) is 13.5 Å². The maximum absolute atomic E-state index is 12.6. The summed E-state index contributed by atoms with van der Waals surface area (Å²) in [5, 5.41) is 12.5. The van der Waals surface area contributed by atoms with Crippen molar-refractivity contribution in [3.8, 4) is 0 Å². The third-order valence-electron chi connectivity index (χ3n) is 4.05. The van der Waals surface area contributed by atoms with Crippen molar-refractivity contribution in [3.63, 3.8) is 0 Å². The van der Waals surface area contributed by atoms with Crippen LogP contribution in [-0.2, 0) is 10.0 Å². The Balaban J connectivity index is 2.07. The molecule has 1 heterocycles. The van der Waals surface area contributed by atoms with Crippen molar-refractivity contribution in [1.29, 1.82) is 0 Å². The maximum Gasteiger partial charge on any atom is 0.243 e. The predicted molar refractivity (Wildman–Crippen MR) is 87.2 cm³/mol. The lowest BCUT2D eigenvalue weighted by Crippen LogP contribution is -2.35. The minimum Gasteiger partial charge on any atom is -0.392 e. The van der Waals surface area contributed by atoms with Crippen LogP contribution in [0, 0.1) is 0 Å². The highest BCUT2D eigenvalue weighted by Gasteiger charge is 2.25. The first-order chi connectivity index (χ1) is 10.4. The standard InChI is InChI=1S/C16H26N2O3S/c1-13(19)12-17-14(2)15-6-8-16(9-7-15)22(20,21)18-10-4-3-5-11-18/h6-9,13-14,17,19H,3-5,10-12H2,1-2H3. The molecule has 2 unspecified atom stereocenters. The molecule has 2 atom stereocenters. The number of sulfonamides is 1. The van der Waals surface area contributed by atoms with Gasteiger partial charge in [0.2, 0.25) is 10.0 Å². The number of hydrogen-bond acceptors (Lipinski definition) is 4. The zero-order chi connectivity index (χ0) is 16.2. The van der Waals surface area contributed by atoms with E-state index < -0.39 is 16.1 Å². The summed E-state index contributed by atoms with van der Waals surface area (Å²) >= 11 is 0. The van der Waals surface area contributed by atoms with Gasteiger partial charge in [0, 0.05) is 25.7 Å². The van der Waals surface area contributed by atoms with E-state index in [1.807, 2.05) is 19.1 Å². The summed E-state index contributed by atoms with van der Waals surface area (Å²) in [7, 11) is -3.36. The van der Waals surface area contributed by atoms with Crippen molar-refractivity contribution in [2.75, 3.05) is 19.6 Å². The van der Waals surface area contributed by atoms with Crippen LogP contribution in [0.25, 0.3) is 0 Å². The topological polar surface area (TPSA) is 69.6 Å². The predicted octanol–water partition coefficient (Wildman–Crippen LogP) is 1.89. The first-order valence-corrected chi connectivity index (χ1v) is 9.37. The average Bonchev–Trinajstić information content (AvgIpc) is 2.53. The fraction of sp³-hybridized carbons (Fsp3) is 0.625. The summed E-state index contributed by atoms with van der Waals surface area (Å²) in [6.07, 6.45) is 2.59. The number of rotatable bonds is 6. The van der Waals surface area contributed by atoms with Gasteiger partial charge in [0.1, 0.15) is 0 Å². The molecule has 1 aromatic rings. The summed E-state index contributed by atoms with van der Waals surface area (Å²) in [6, 6.07) is 7.12. The van der Waals surface area contributed by atoms with Gasteiger partial charge in [-0.25, -0.2) is 8.42 Å². The van der Waals surface area contributed by atoms with Gasteiger partial charge in [-0.15, -0.1) is 0 Å². The molecule has 0 aliphatic carbocycles. The SMILES string of the molecule is CC(O)CNC(C)c1ccc(S(=O)(=O)N2CCCCC2)cc1. The lowest BCUT2D eigenvalue weighted by Gasteiger charge is -2.26. The van der Waals surface area contributed by atoms with E-state index in [1.165, 1.54) is 0 Å². The molecule has 0 aromatic heterocycles. The Labute approximate surface area is 133 Å². The van der Waals surface area contributed by atoms with Crippen LogP contribution in [-0.4, -0.2) is 43.6 Å². The fourth-order valence-corrected chi connectivity index (χ4v) is 4.17. The minimum atomic E-state index is -3.36. The first-order valence-electron chi connectivity index (χ1n) is 7.93. The number of aliphatic hydroxyl groups excluding tert-OH is 1. The summed E-state index contributed by atoms with van der Waals surface area (Å²) < 4.78 is 26.7. The lowest BCUT2D eigenvalue weighted by molar-refractivity contribution is 0.187. The van der Waals surface area contributed by atoms with Gasteiger partial charge in [-0.2, -0.15) is 4.31 Å². The molecule has 1 saturated heterocycles. The number of piperidine rings is 1. The Morgan fingerprint density at radius 2 is 1.73 bits per heavy atom. The van der Waals surface area contributed by atoms with E-state index >= 15 is 0 Å². The number of nitrogens with one attached hydrogen (secondary N) is 1. The van der Waals surface area contributed by atoms with Crippen molar-refractivity contribution in [1.82, 2.24) is 9.62 Å². The quantitative estimate of drug-likeness (QED) is 0.837. The fourth-order valence-electron chi connectivity index (χ4n) is 2.65. The van der Waals surface area contributed by atoms with Crippen LogP contribution in [0.5, 0.6) is 0 Å². The van der Waals surface area contributed by atoms with E-state index in [0.717, 1.165) is 24.8 Å². The molecular weight excluding hydrogens is 300 g/mol.